The van der Waals surface area contributed by atoms with Crippen LogP contribution in [0.1, 0.15) is 87.5 Å². The molecule has 1 fully saturated rings. The van der Waals surface area contributed by atoms with E-state index in [1.807, 2.05) is 6.92 Å². The Balaban J connectivity index is 2.29. The van der Waals surface area contributed by atoms with E-state index < -0.39 is 0 Å². The summed E-state index contributed by atoms with van der Waals surface area (Å²) in [6.45, 7) is 18.1. The minimum atomic E-state index is -0.267. The lowest BCUT2D eigenvalue weighted by atomic mass is 9.54. The van der Waals surface area contributed by atoms with E-state index in [4.69, 9.17) is 0 Å². The van der Waals surface area contributed by atoms with Gasteiger partial charge in [0.15, 0.2) is 0 Å². The molecule has 2 nitrogen and oxygen atoms in total. The highest BCUT2D eigenvalue weighted by atomic mass is 16.3. The first kappa shape index (κ1) is 22.0. The highest BCUT2D eigenvalue weighted by Gasteiger charge is 2.50. The topological polar surface area (TPSA) is 40.5 Å². The Morgan fingerprint density at radius 3 is 2.19 bits per heavy atom. The van der Waals surface area contributed by atoms with Gasteiger partial charge in [0.05, 0.1) is 12.2 Å². The molecule has 0 bridgehead atoms. The minimum absolute atomic E-state index is 0.161. The summed E-state index contributed by atoms with van der Waals surface area (Å²) in [7, 11) is 0. The van der Waals surface area contributed by atoms with Crippen LogP contribution in [0.15, 0.2) is 11.6 Å². The Labute approximate surface area is 162 Å². The van der Waals surface area contributed by atoms with Crippen LogP contribution < -0.4 is 0 Å². The fourth-order valence-electron chi connectivity index (χ4n) is 5.89. The second-order valence-electron chi connectivity index (χ2n) is 10.9. The van der Waals surface area contributed by atoms with Gasteiger partial charge in [-0.15, -0.1) is 0 Å². The minimum Gasteiger partial charge on any atom is -0.393 e. The molecule has 0 aliphatic heterocycles. The van der Waals surface area contributed by atoms with Gasteiger partial charge in [0.1, 0.15) is 0 Å². The van der Waals surface area contributed by atoms with Crippen LogP contribution in [0.5, 0.6) is 0 Å². The van der Waals surface area contributed by atoms with Crippen LogP contribution in [0.25, 0.3) is 0 Å². The van der Waals surface area contributed by atoms with E-state index in [2.05, 4.69) is 54.5 Å². The van der Waals surface area contributed by atoms with Gasteiger partial charge >= 0.3 is 0 Å². The van der Waals surface area contributed by atoms with E-state index in [1.54, 1.807) is 0 Å². The number of aliphatic hydroxyl groups is 2. The second-order valence-corrected chi connectivity index (χ2v) is 10.9. The summed E-state index contributed by atoms with van der Waals surface area (Å²) >= 11 is 0. The third kappa shape index (κ3) is 4.22. The van der Waals surface area contributed by atoms with Crippen molar-refractivity contribution in [2.45, 2.75) is 99.7 Å². The predicted octanol–water partition coefficient (Wildman–Crippen LogP) is 5.83. The van der Waals surface area contributed by atoms with Crippen molar-refractivity contribution in [3.8, 4) is 0 Å². The molecule has 2 rings (SSSR count). The van der Waals surface area contributed by atoms with Crippen molar-refractivity contribution in [1.29, 1.82) is 0 Å². The van der Waals surface area contributed by atoms with Crippen LogP contribution in [-0.2, 0) is 0 Å². The molecule has 1 saturated carbocycles. The van der Waals surface area contributed by atoms with E-state index in [1.165, 1.54) is 12.0 Å². The summed E-state index contributed by atoms with van der Waals surface area (Å²) in [5.74, 6) is 2.44. The van der Waals surface area contributed by atoms with Gasteiger partial charge in [-0.05, 0) is 86.4 Å². The molecular weight excluding hydrogens is 320 g/mol. The molecule has 0 spiro atoms. The molecule has 0 heterocycles. The van der Waals surface area contributed by atoms with Crippen LogP contribution in [0.2, 0.25) is 0 Å². The van der Waals surface area contributed by atoms with E-state index in [0.29, 0.717) is 29.6 Å². The smallest absolute Gasteiger partial charge is 0.0576 e. The van der Waals surface area contributed by atoms with Crippen LogP contribution in [0, 0.1) is 40.4 Å². The molecule has 2 heteroatoms. The standard InChI is InChI=1S/C24H44O2/c1-15(2)19-11-12-24(8,14-22(19)26)21(13-16(3)18(5)25)20-10-9-17(4)23(20,6)7/h9,15-16,18-22,25-26H,10-14H2,1-8H3/t16?,18?,19-,20?,21?,22+,24+/m0/s1. The van der Waals surface area contributed by atoms with Gasteiger partial charge in [-0.25, -0.2) is 0 Å². The Kier molecular flexibility index (Phi) is 6.72. The van der Waals surface area contributed by atoms with Crippen LogP contribution in [-0.4, -0.2) is 22.4 Å². The first-order valence-electron chi connectivity index (χ1n) is 10.9. The van der Waals surface area contributed by atoms with Gasteiger partial charge in [-0.2, -0.15) is 0 Å². The molecule has 0 aromatic carbocycles. The molecule has 0 aromatic heterocycles. The van der Waals surface area contributed by atoms with Crippen molar-refractivity contribution >= 4 is 0 Å². The van der Waals surface area contributed by atoms with Crippen molar-refractivity contribution in [1.82, 2.24) is 0 Å². The first-order chi connectivity index (χ1) is 11.9. The van der Waals surface area contributed by atoms with E-state index in [-0.39, 0.29) is 23.0 Å². The van der Waals surface area contributed by atoms with Gasteiger partial charge in [0, 0.05) is 0 Å². The molecule has 0 amide bonds. The molecule has 26 heavy (non-hydrogen) atoms. The Morgan fingerprint density at radius 1 is 1.15 bits per heavy atom. The molecule has 2 aliphatic rings. The van der Waals surface area contributed by atoms with Gasteiger partial charge in [0.2, 0.25) is 0 Å². The zero-order valence-corrected chi connectivity index (χ0v) is 18.5. The van der Waals surface area contributed by atoms with Gasteiger partial charge < -0.3 is 10.2 Å². The lowest BCUT2D eigenvalue weighted by molar-refractivity contribution is -0.0666. The van der Waals surface area contributed by atoms with Crippen molar-refractivity contribution < 1.29 is 10.2 Å². The average Bonchev–Trinajstić information content (AvgIpc) is 2.77. The lowest BCUT2D eigenvalue weighted by Crippen LogP contribution is -2.46. The molecule has 2 aliphatic carbocycles. The molecule has 2 N–H and O–H groups in total. The van der Waals surface area contributed by atoms with Crippen molar-refractivity contribution in [3.05, 3.63) is 11.6 Å². The normalized spacial score (nSPS) is 38.1. The van der Waals surface area contributed by atoms with Gasteiger partial charge in [-0.3, -0.25) is 0 Å². The number of hydrogen-bond acceptors (Lipinski definition) is 2. The Bertz CT molecular complexity index is 504. The molecule has 4 unspecified atom stereocenters. The third-order valence-corrected chi connectivity index (χ3v) is 8.53. The maximum absolute atomic E-state index is 10.9. The number of rotatable bonds is 6. The first-order valence-corrected chi connectivity index (χ1v) is 10.9. The van der Waals surface area contributed by atoms with Gasteiger partial charge in [0.25, 0.3) is 0 Å². The number of hydrogen-bond donors (Lipinski definition) is 2. The summed E-state index contributed by atoms with van der Waals surface area (Å²) in [5.41, 5.74) is 1.89. The SMILES string of the molecule is CC1=CCC(C(CC(C)C(C)O)[C@]2(C)CC[C@@H](C(C)C)[C@H](O)C2)C1(C)C. The molecule has 152 valence electrons. The predicted molar refractivity (Wildman–Crippen MR) is 111 cm³/mol. The van der Waals surface area contributed by atoms with E-state index in [9.17, 15) is 10.2 Å². The highest BCUT2D eigenvalue weighted by molar-refractivity contribution is 5.20. The van der Waals surface area contributed by atoms with Crippen LogP contribution >= 0.6 is 0 Å². The van der Waals surface area contributed by atoms with Crippen LogP contribution in [0.3, 0.4) is 0 Å². The number of allylic oxidation sites excluding steroid dienone is 2. The van der Waals surface area contributed by atoms with Gasteiger partial charge in [-0.1, -0.05) is 53.2 Å². The highest BCUT2D eigenvalue weighted by Crippen LogP contribution is 2.57. The molecule has 0 aromatic rings. The zero-order valence-electron chi connectivity index (χ0n) is 18.5. The fourth-order valence-corrected chi connectivity index (χ4v) is 5.89. The summed E-state index contributed by atoms with van der Waals surface area (Å²) in [6.07, 6.45) is 7.44. The van der Waals surface area contributed by atoms with E-state index >= 15 is 0 Å². The van der Waals surface area contributed by atoms with Crippen molar-refractivity contribution in [2.24, 2.45) is 40.4 Å². The molecule has 7 atom stereocenters. The summed E-state index contributed by atoms with van der Waals surface area (Å²) in [5, 5.41) is 21.1. The number of aliphatic hydroxyl groups excluding tert-OH is 2. The molecule has 0 radical (unpaired) electrons. The van der Waals surface area contributed by atoms with Crippen LogP contribution in [0.4, 0.5) is 0 Å². The molecular formula is C24H44O2. The quantitative estimate of drug-likeness (QED) is 0.583. The summed E-state index contributed by atoms with van der Waals surface area (Å²) in [6, 6.07) is 0. The second kappa shape index (κ2) is 7.95. The maximum Gasteiger partial charge on any atom is 0.0576 e. The monoisotopic (exact) mass is 364 g/mol. The maximum atomic E-state index is 10.9. The van der Waals surface area contributed by atoms with Crippen molar-refractivity contribution in [2.75, 3.05) is 0 Å². The summed E-state index contributed by atoms with van der Waals surface area (Å²) in [4.78, 5) is 0. The fraction of sp³-hybridized carbons (Fsp3) is 0.917. The third-order valence-electron chi connectivity index (χ3n) is 8.53. The lowest BCUT2D eigenvalue weighted by Gasteiger charge is -2.52. The average molecular weight is 365 g/mol. The van der Waals surface area contributed by atoms with Crippen molar-refractivity contribution in [3.63, 3.8) is 0 Å². The zero-order chi connectivity index (χ0) is 19.9. The Hall–Kier alpha value is -0.340. The summed E-state index contributed by atoms with van der Waals surface area (Å²) < 4.78 is 0. The largest absolute Gasteiger partial charge is 0.393 e. The molecule has 0 saturated heterocycles. The Morgan fingerprint density at radius 2 is 1.77 bits per heavy atom. The van der Waals surface area contributed by atoms with E-state index in [0.717, 1.165) is 25.7 Å².